The Morgan fingerprint density at radius 2 is 2.11 bits per heavy atom. The topological polar surface area (TPSA) is 116 Å². The zero-order valence-corrected chi connectivity index (χ0v) is 10.1. The highest BCUT2D eigenvalue weighted by atomic mass is 16.5. The summed E-state index contributed by atoms with van der Waals surface area (Å²) < 4.78 is 5.32. The monoisotopic (exact) mass is 251 g/mol. The number of carbonyl (C=O) groups excluding carboxylic acids is 1. The number of hydrogen-bond donors (Lipinski definition) is 3. The summed E-state index contributed by atoms with van der Waals surface area (Å²) in [6, 6.07) is 3.22. The lowest BCUT2D eigenvalue weighted by Gasteiger charge is -2.37. The van der Waals surface area contributed by atoms with Crippen LogP contribution in [0.15, 0.2) is 12.1 Å². The maximum absolute atomic E-state index is 10.9. The largest absolute Gasteiger partial charge is 0.381 e. The molecule has 1 fully saturated rings. The Hall–Kier alpha value is -1.73. The maximum atomic E-state index is 10.9. The number of hydrogen-bond acceptors (Lipinski definition) is 6. The molecule has 0 radical (unpaired) electrons. The van der Waals surface area contributed by atoms with Crippen LogP contribution in [0.3, 0.4) is 0 Å². The Morgan fingerprint density at radius 1 is 1.39 bits per heavy atom. The van der Waals surface area contributed by atoms with Crippen LogP contribution in [-0.4, -0.2) is 41.4 Å². The van der Waals surface area contributed by atoms with E-state index in [0.717, 1.165) is 12.8 Å². The number of primary amides is 1. The van der Waals surface area contributed by atoms with Crippen molar-refractivity contribution in [3.63, 3.8) is 0 Å². The number of rotatable bonds is 4. The van der Waals surface area contributed by atoms with E-state index in [-0.39, 0.29) is 11.2 Å². The Balaban J connectivity index is 2.09. The quantitative estimate of drug-likeness (QED) is 0.664. The zero-order valence-electron chi connectivity index (χ0n) is 10.1. The molecule has 1 amide bonds. The molecule has 7 nitrogen and oxygen atoms in total. The number of amides is 1. The van der Waals surface area contributed by atoms with E-state index in [0.29, 0.717) is 25.6 Å². The molecule has 1 aromatic heterocycles. The second-order valence-electron chi connectivity index (χ2n) is 4.39. The Labute approximate surface area is 105 Å². The fraction of sp³-hybridized carbons (Fsp3) is 0.545. The van der Waals surface area contributed by atoms with Crippen LogP contribution in [0.2, 0.25) is 0 Å². The van der Waals surface area contributed by atoms with Crippen LogP contribution in [0, 0.1) is 0 Å². The molecule has 0 aromatic carbocycles. The highest BCUT2D eigenvalue weighted by Crippen LogP contribution is 2.23. The van der Waals surface area contributed by atoms with E-state index >= 15 is 0 Å². The first-order valence-corrected chi connectivity index (χ1v) is 5.85. The van der Waals surface area contributed by atoms with Gasteiger partial charge in [0.15, 0.2) is 5.69 Å². The third-order valence-electron chi connectivity index (χ3n) is 3.15. The van der Waals surface area contributed by atoms with E-state index < -0.39 is 5.91 Å². The number of aromatic nitrogens is 2. The summed E-state index contributed by atoms with van der Waals surface area (Å²) in [4.78, 5) is 10.9. The number of nitrogens with two attached hydrogens (primary N) is 2. The Kier molecular flexibility index (Phi) is 3.73. The number of ether oxygens (including phenoxy) is 1. The van der Waals surface area contributed by atoms with Gasteiger partial charge in [-0.1, -0.05) is 0 Å². The molecule has 1 aliphatic rings. The van der Waals surface area contributed by atoms with Crippen LogP contribution in [0.25, 0.3) is 0 Å². The molecule has 2 heterocycles. The zero-order chi connectivity index (χ0) is 13.0. The van der Waals surface area contributed by atoms with Crippen molar-refractivity contribution in [2.45, 2.75) is 18.4 Å². The van der Waals surface area contributed by atoms with Gasteiger partial charge in [-0.3, -0.25) is 4.79 Å². The van der Waals surface area contributed by atoms with Crippen molar-refractivity contribution >= 4 is 11.7 Å². The first-order valence-electron chi connectivity index (χ1n) is 5.85. The van der Waals surface area contributed by atoms with Crippen molar-refractivity contribution < 1.29 is 9.53 Å². The van der Waals surface area contributed by atoms with Gasteiger partial charge in [0.1, 0.15) is 5.82 Å². The van der Waals surface area contributed by atoms with Crippen LogP contribution >= 0.6 is 0 Å². The third kappa shape index (κ3) is 2.74. The van der Waals surface area contributed by atoms with E-state index in [4.69, 9.17) is 16.2 Å². The first kappa shape index (κ1) is 12.7. The van der Waals surface area contributed by atoms with Gasteiger partial charge >= 0.3 is 0 Å². The minimum Gasteiger partial charge on any atom is -0.381 e. The van der Waals surface area contributed by atoms with Gasteiger partial charge in [0, 0.05) is 19.8 Å². The molecular weight excluding hydrogens is 234 g/mol. The molecule has 0 aliphatic carbocycles. The molecule has 0 spiro atoms. The van der Waals surface area contributed by atoms with Crippen LogP contribution in [0.5, 0.6) is 0 Å². The van der Waals surface area contributed by atoms with Gasteiger partial charge in [-0.25, -0.2) is 0 Å². The van der Waals surface area contributed by atoms with Crippen molar-refractivity contribution in [2.75, 3.05) is 25.1 Å². The van der Waals surface area contributed by atoms with Gasteiger partial charge in [0.05, 0.1) is 5.54 Å². The second kappa shape index (κ2) is 5.28. The third-order valence-corrected chi connectivity index (χ3v) is 3.15. The SMILES string of the molecule is NCC1(Nc2ccc(C(N)=O)nn2)CCOCC1. The van der Waals surface area contributed by atoms with Crippen LogP contribution in [-0.2, 0) is 4.74 Å². The van der Waals surface area contributed by atoms with Gasteiger partial charge < -0.3 is 21.5 Å². The number of nitrogens with one attached hydrogen (secondary N) is 1. The summed E-state index contributed by atoms with van der Waals surface area (Å²) >= 11 is 0. The lowest BCUT2D eigenvalue weighted by molar-refractivity contribution is 0.0626. The minimum atomic E-state index is -0.589. The lowest BCUT2D eigenvalue weighted by atomic mass is 9.90. The Morgan fingerprint density at radius 3 is 2.61 bits per heavy atom. The maximum Gasteiger partial charge on any atom is 0.269 e. The summed E-state index contributed by atoms with van der Waals surface area (Å²) in [5.74, 6) is 0.000930. The molecule has 7 heteroatoms. The summed E-state index contributed by atoms with van der Waals surface area (Å²) in [5, 5.41) is 11.0. The number of anilines is 1. The molecule has 18 heavy (non-hydrogen) atoms. The van der Waals surface area contributed by atoms with E-state index in [2.05, 4.69) is 15.5 Å². The molecule has 1 saturated heterocycles. The molecule has 98 valence electrons. The smallest absolute Gasteiger partial charge is 0.269 e. The minimum absolute atomic E-state index is 0.148. The Bertz CT molecular complexity index is 414. The fourth-order valence-corrected chi connectivity index (χ4v) is 1.94. The summed E-state index contributed by atoms with van der Waals surface area (Å²) in [6.07, 6.45) is 1.64. The molecule has 1 aliphatic heterocycles. The molecular formula is C11H17N5O2. The van der Waals surface area contributed by atoms with Gasteiger partial charge in [0.2, 0.25) is 0 Å². The second-order valence-corrected chi connectivity index (χ2v) is 4.39. The van der Waals surface area contributed by atoms with Crippen LogP contribution in [0.1, 0.15) is 23.3 Å². The summed E-state index contributed by atoms with van der Waals surface area (Å²) in [5.41, 5.74) is 10.9. The molecule has 0 atom stereocenters. The predicted molar refractivity (Wildman–Crippen MR) is 66.0 cm³/mol. The van der Waals surface area contributed by atoms with Gasteiger partial charge in [-0.05, 0) is 25.0 Å². The summed E-state index contributed by atoms with van der Waals surface area (Å²) in [6.45, 7) is 1.85. The molecule has 5 N–H and O–H groups in total. The van der Waals surface area contributed by atoms with Gasteiger partial charge in [0.25, 0.3) is 5.91 Å². The van der Waals surface area contributed by atoms with E-state index in [9.17, 15) is 4.79 Å². The fourth-order valence-electron chi connectivity index (χ4n) is 1.94. The van der Waals surface area contributed by atoms with Crippen molar-refractivity contribution in [3.8, 4) is 0 Å². The molecule has 2 rings (SSSR count). The van der Waals surface area contributed by atoms with E-state index in [1.807, 2.05) is 0 Å². The molecule has 1 aromatic rings. The van der Waals surface area contributed by atoms with Crippen molar-refractivity contribution in [2.24, 2.45) is 11.5 Å². The van der Waals surface area contributed by atoms with E-state index in [1.165, 1.54) is 0 Å². The van der Waals surface area contributed by atoms with Gasteiger partial charge in [-0.2, -0.15) is 0 Å². The molecule has 0 unspecified atom stereocenters. The highest BCUT2D eigenvalue weighted by Gasteiger charge is 2.31. The summed E-state index contributed by atoms with van der Waals surface area (Å²) in [7, 11) is 0. The van der Waals surface area contributed by atoms with Crippen molar-refractivity contribution in [3.05, 3.63) is 17.8 Å². The molecule has 0 bridgehead atoms. The lowest BCUT2D eigenvalue weighted by Crippen LogP contribution is -2.49. The van der Waals surface area contributed by atoms with Crippen LogP contribution < -0.4 is 16.8 Å². The highest BCUT2D eigenvalue weighted by molar-refractivity contribution is 5.90. The molecule has 0 saturated carbocycles. The van der Waals surface area contributed by atoms with Crippen LogP contribution in [0.4, 0.5) is 5.82 Å². The average molecular weight is 251 g/mol. The van der Waals surface area contributed by atoms with Gasteiger partial charge in [-0.15, -0.1) is 10.2 Å². The van der Waals surface area contributed by atoms with Crippen molar-refractivity contribution in [1.82, 2.24) is 10.2 Å². The van der Waals surface area contributed by atoms with Crippen molar-refractivity contribution in [1.29, 1.82) is 0 Å². The first-order chi connectivity index (χ1) is 8.65. The predicted octanol–water partition coefficient (Wildman–Crippen LogP) is -0.505. The van der Waals surface area contributed by atoms with E-state index in [1.54, 1.807) is 12.1 Å². The normalized spacial score (nSPS) is 18.3. The number of nitrogens with zero attached hydrogens (tertiary/aromatic N) is 2. The number of carbonyl (C=O) groups is 1. The standard InChI is InChI=1S/C11H17N5O2/c12-7-11(3-5-18-6-4-11)14-9-2-1-8(10(13)17)15-16-9/h1-2H,3-7,12H2,(H2,13,17)(H,14,16). The average Bonchev–Trinajstić information content (AvgIpc) is 2.40.